The zero-order chi connectivity index (χ0) is 17.4. The highest BCUT2D eigenvalue weighted by atomic mass is 32.2. The number of aliphatic hydroxyl groups is 1. The highest BCUT2D eigenvalue weighted by Crippen LogP contribution is 2.14. The van der Waals surface area contributed by atoms with E-state index >= 15 is 0 Å². The van der Waals surface area contributed by atoms with Crippen LogP contribution in [0.5, 0.6) is 0 Å². The van der Waals surface area contributed by atoms with Gasteiger partial charge in [-0.1, -0.05) is 84.0 Å². The topological polar surface area (TPSA) is 74.6 Å². The van der Waals surface area contributed by atoms with E-state index in [2.05, 4.69) is 6.92 Å². The first-order valence-corrected chi connectivity index (χ1v) is 11.2. The monoisotopic (exact) mass is 350 g/mol. The Morgan fingerprint density at radius 1 is 0.696 bits per heavy atom. The Labute approximate surface area is 143 Å². The van der Waals surface area contributed by atoms with Gasteiger partial charge in [-0.15, -0.1) is 0 Å². The molecule has 0 aliphatic heterocycles. The second kappa shape index (κ2) is 15.4. The third-order valence-corrected chi connectivity index (χ3v) is 5.14. The number of unbranched alkanes of at least 4 members (excludes halogenated alkanes) is 11. The predicted octanol–water partition coefficient (Wildman–Crippen LogP) is 5.11. The zero-order valence-corrected chi connectivity index (χ0v) is 15.8. The van der Waals surface area contributed by atoms with Gasteiger partial charge in [-0.3, -0.25) is 4.55 Å². The van der Waals surface area contributed by atoms with Crippen molar-refractivity contribution < 1.29 is 18.1 Å². The SMILES string of the molecule is CCCCCCCC(O)CCCCCCCCCCS(=O)(=O)O. The van der Waals surface area contributed by atoms with E-state index in [-0.39, 0.29) is 11.9 Å². The number of hydrogen-bond donors (Lipinski definition) is 2. The molecule has 0 amide bonds. The first-order chi connectivity index (χ1) is 11.0. The van der Waals surface area contributed by atoms with Crippen LogP contribution in [0.4, 0.5) is 0 Å². The number of aliphatic hydroxyl groups excluding tert-OH is 1. The fraction of sp³-hybridized carbons (Fsp3) is 1.00. The van der Waals surface area contributed by atoms with E-state index in [1.54, 1.807) is 0 Å². The van der Waals surface area contributed by atoms with Crippen molar-refractivity contribution in [3.8, 4) is 0 Å². The largest absolute Gasteiger partial charge is 0.393 e. The van der Waals surface area contributed by atoms with E-state index in [1.165, 1.54) is 44.9 Å². The Balaban J connectivity index is 3.20. The van der Waals surface area contributed by atoms with E-state index in [9.17, 15) is 13.5 Å². The maximum atomic E-state index is 10.5. The van der Waals surface area contributed by atoms with Crippen LogP contribution < -0.4 is 0 Å². The van der Waals surface area contributed by atoms with Crippen molar-refractivity contribution in [3.63, 3.8) is 0 Å². The van der Waals surface area contributed by atoms with E-state index < -0.39 is 10.1 Å². The minimum atomic E-state index is -3.77. The number of rotatable bonds is 17. The molecule has 23 heavy (non-hydrogen) atoms. The molecule has 0 radical (unpaired) electrons. The van der Waals surface area contributed by atoms with Crippen molar-refractivity contribution in [3.05, 3.63) is 0 Å². The molecule has 0 aliphatic carbocycles. The minimum absolute atomic E-state index is 0.108. The molecule has 5 heteroatoms. The summed E-state index contributed by atoms with van der Waals surface area (Å²) in [6, 6.07) is 0. The number of hydrogen-bond acceptors (Lipinski definition) is 3. The summed E-state index contributed by atoms with van der Waals surface area (Å²) in [5, 5.41) is 9.90. The minimum Gasteiger partial charge on any atom is -0.393 e. The lowest BCUT2D eigenvalue weighted by atomic mass is 10.0. The van der Waals surface area contributed by atoms with Crippen LogP contribution in [0.3, 0.4) is 0 Å². The van der Waals surface area contributed by atoms with E-state index in [0.29, 0.717) is 6.42 Å². The molecule has 2 N–H and O–H groups in total. The van der Waals surface area contributed by atoms with Gasteiger partial charge in [-0.05, 0) is 19.3 Å². The van der Waals surface area contributed by atoms with Crippen LogP contribution in [0.15, 0.2) is 0 Å². The molecule has 0 rings (SSSR count). The summed E-state index contributed by atoms with van der Waals surface area (Å²) in [6.07, 6.45) is 16.3. The first-order valence-electron chi connectivity index (χ1n) is 9.59. The standard InChI is InChI=1S/C18H38O4S/c1-2-3-4-9-12-15-18(19)16-13-10-7-5-6-8-11-14-17-23(20,21)22/h18-19H,2-17H2,1H3,(H,20,21,22). The Morgan fingerprint density at radius 3 is 1.52 bits per heavy atom. The van der Waals surface area contributed by atoms with Crippen molar-refractivity contribution in [2.75, 3.05) is 5.75 Å². The molecule has 1 atom stereocenters. The molecule has 0 spiro atoms. The summed E-state index contributed by atoms with van der Waals surface area (Å²) in [5.41, 5.74) is 0. The van der Waals surface area contributed by atoms with Crippen LogP contribution in [0.25, 0.3) is 0 Å². The molecular formula is C18H38O4S. The summed E-state index contributed by atoms with van der Waals surface area (Å²) in [6.45, 7) is 2.22. The summed E-state index contributed by atoms with van der Waals surface area (Å²) >= 11 is 0. The first kappa shape index (κ1) is 22.9. The molecule has 0 aromatic rings. The smallest absolute Gasteiger partial charge is 0.264 e. The van der Waals surface area contributed by atoms with Gasteiger partial charge in [0.1, 0.15) is 0 Å². The summed E-state index contributed by atoms with van der Waals surface area (Å²) in [7, 11) is -3.77. The van der Waals surface area contributed by atoms with Crippen LogP contribution in [-0.2, 0) is 10.1 Å². The van der Waals surface area contributed by atoms with Gasteiger partial charge >= 0.3 is 0 Å². The molecule has 0 aromatic heterocycles. The summed E-state index contributed by atoms with van der Waals surface area (Å²) in [4.78, 5) is 0. The maximum Gasteiger partial charge on any atom is 0.264 e. The van der Waals surface area contributed by atoms with E-state index in [0.717, 1.165) is 44.9 Å². The Bertz CT molecular complexity index is 341. The normalized spacial score (nSPS) is 13.3. The van der Waals surface area contributed by atoms with Gasteiger partial charge in [0.2, 0.25) is 0 Å². The third kappa shape index (κ3) is 19.8. The molecule has 0 bridgehead atoms. The van der Waals surface area contributed by atoms with Crippen LogP contribution in [0, 0.1) is 0 Å². The van der Waals surface area contributed by atoms with E-state index in [1.807, 2.05) is 0 Å². The second-order valence-corrected chi connectivity index (χ2v) is 8.33. The van der Waals surface area contributed by atoms with Crippen LogP contribution in [-0.4, -0.2) is 29.9 Å². The maximum absolute atomic E-state index is 10.5. The second-order valence-electron chi connectivity index (χ2n) is 6.76. The highest BCUT2D eigenvalue weighted by Gasteiger charge is 2.04. The zero-order valence-electron chi connectivity index (χ0n) is 15.0. The Kier molecular flexibility index (Phi) is 15.3. The van der Waals surface area contributed by atoms with Gasteiger partial charge in [0.15, 0.2) is 0 Å². The fourth-order valence-electron chi connectivity index (χ4n) is 2.85. The van der Waals surface area contributed by atoms with Crippen molar-refractivity contribution in [2.45, 2.75) is 109 Å². The molecule has 0 aromatic carbocycles. The molecule has 0 heterocycles. The lowest BCUT2D eigenvalue weighted by molar-refractivity contribution is 0.147. The average molecular weight is 351 g/mol. The van der Waals surface area contributed by atoms with E-state index in [4.69, 9.17) is 4.55 Å². The quantitative estimate of drug-likeness (QED) is 0.282. The molecule has 1 unspecified atom stereocenters. The van der Waals surface area contributed by atoms with Gasteiger partial charge in [-0.2, -0.15) is 8.42 Å². The molecule has 0 aliphatic rings. The molecule has 0 saturated heterocycles. The van der Waals surface area contributed by atoms with Crippen molar-refractivity contribution in [1.82, 2.24) is 0 Å². The lowest BCUT2D eigenvalue weighted by Crippen LogP contribution is -2.05. The molecule has 0 saturated carbocycles. The molecular weight excluding hydrogens is 312 g/mol. The van der Waals surface area contributed by atoms with Gasteiger partial charge in [0.05, 0.1) is 11.9 Å². The van der Waals surface area contributed by atoms with Crippen LogP contribution in [0.2, 0.25) is 0 Å². The van der Waals surface area contributed by atoms with Crippen molar-refractivity contribution in [1.29, 1.82) is 0 Å². The summed E-state index contributed by atoms with van der Waals surface area (Å²) < 4.78 is 29.7. The average Bonchev–Trinajstić information content (AvgIpc) is 2.48. The van der Waals surface area contributed by atoms with Crippen LogP contribution >= 0.6 is 0 Å². The van der Waals surface area contributed by atoms with Gasteiger partial charge in [0, 0.05) is 0 Å². The highest BCUT2D eigenvalue weighted by molar-refractivity contribution is 7.85. The van der Waals surface area contributed by atoms with Gasteiger partial charge in [0.25, 0.3) is 10.1 Å². The molecule has 0 fully saturated rings. The van der Waals surface area contributed by atoms with Gasteiger partial charge in [-0.25, -0.2) is 0 Å². The third-order valence-electron chi connectivity index (χ3n) is 4.33. The van der Waals surface area contributed by atoms with Crippen molar-refractivity contribution in [2.24, 2.45) is 0 Å². The van der Waals surface area contributed by atoms with Crippen molar-refractivity contribution >= 4 is 10.1 Å². The lowest BCUT2D eigenvalue weighted by Gasteiger charge is -2.10. The molecule has 4 nitrogen and oxygen atoms in total. The summed E-state index contributed by atoms with van der Waals surface area (Å²) in [5.74, 6) is -0.108. The Morgan fingerprint density at radius 2 is 1.09 bits per heavy atom. The predicted molar refractivity (Wildman–Crippen MR) is 97.4 cm³/mol. The van der Waals surface area contributed by atoms with Gasteiger partial charge < -0.3 is 5.11 Å². The Hall–Kier alpha value is -0.130. The fourth-order valence-corrected chi connectivity index (χ4v) is 3.42. The molecule has 140 valence electrons. The van der Waals surface area contributed by atoms with Crippen LogP contribution in [0.1, 0.15) is 103 Å².